The number of methoxy groups -OCH3 is 2. The molecule has 0 fully saturated rings. The summed E-state index contributed by atoms with van der Waals surface area (Å²) in [5.41, 5.74) is 0.314. The van der Waals surface area contributed by atoms with Crippen LogP contribution in [-0.2, 0) is 0 Å². The van der Waals surface area contributed by atoms with Gasteiger partial charge in [-0.2, -0.15) is 0 Å². The molecule has 3 nitrogen and oxygen atoms in total. The van der Waals surface area contributed by atoms with Gasteiger partial charge in [-0.3, -0.25) is 0 Å². The Labute approximate surface area is 126 Å². The summed E-state index contributed by atoms with van der Waals surface area (Å²) in [5.74, 6) is 1.46. The van der Waals surface area contributed by atoms with Crippen molar-refractivity contribution in [3.8, 4) is 11.5 Å². The van der Waals surface area contributed by atoms with E-state index in [1.165, 1.54) is 0 Å². The first-order valence-electron chi connectivity index (χ1n) is 7.18. The van der Waals surface area contributed by atoms with Crippen LogP contribution in [0.4, 0.5) is 0 Å². The maximum absolute atomic E-state index is 11.2. The minimum atomic E-state index is -1.09. The molecule has 1 unspecified atom stereocenters. The van der Waals surface area contributed by atoms with Crippen LogP contribution >= 0.6 is 0 Å². The quantitative estimate of drug-likeness (QED) is 0.856. The normalized spacial score (nSPS) is 24.1. The number of hydrogen-bond donors (Lipinski definition) is 1. The largest absolute Gasteiger partial charge is 0.497 e. The van der Waals surface area contributed by atoms with Crippen molar-refractivity contribution in [2.45, 2.75) is 32.3 Å². The van der Waals surface area contributed by atoms with Crippen molar-refractivity contribution in [2.24, 2.45) is 5.41 Å². The molecule has 0 heterocycles. The Balaban J connectivity index is 2.64. The van der Waals surface area contributed by atoms with Gasteiger partial charge < -0.3 is 14.6 Å². The maximum atomic E-state index is 11.2. The van der Waals surface area contributed by atoms with Crippen molar-refractivity contribution in [2.75, 3.05) is 14.2 Å². The second kappa shape index (κ2) is 5.57. The van der Waals surface area contributed by atoms with Crippen LogP contribution in [0.5, 0.6) is 11.5 Å². The SMILES string of the molecule is C=CC1(O)C(c2cc(OC)ccc2OC)=CCCC1(C)C. The molecule has 1 aromatic carbocycles. The van der Waals surface area contributed by atoms with Gasteiger partial charge in [0, 0.05) is 11.0 Å². The van der Waals surface area contributed by atoms with E-state index < -0.39 is 5.60 Å². The average Bonchev–Trinajstić information content (AvgIpc) is 2.49. The topological polar surface area (TPSA) is 38.7 Å². The minimum Gasteiger partial charge on any atom is -0.497 e. The smallest absolute Gasteiger partial charge is 0.126 e. The lowest BCUT2D eigenvalue weighted by Gasteiger charge is -2.45. The highest BCUT2D eigenvalue weighted by atomic mass is 16.5. The highest BCUT2D eigenvalue weighted by molar-refractivity contribution is 5.80. The molecule has 0 bridgehead atoms. The molecule has 1 atom stereocenters. The fourth-order valence-corrected chi connectivity index (χ4v) is 3.01. The summed E-state index contributed by atoms with van der Waals surface area (Å²) in [6, 6.07) is 5.62. The van der Waals surface area contributed by atoms with Gasteiger partial charge in [-0.1, -0.05) is 32.6 Å². The number of ether oxygens (including phenoxy) is 2. The first-order chi connectivity index (χ1) is 9.89. The van der Waals surface area contributed by atoms with Gasteiger partial charge >= 0.3 is 0 Å². The first kappa shape index (κ1) is 15.6. The van der Waals surface area contributed by atoms with Gasteiger partial charge in [0.15, 0.2) is 0 Å². The number of allylic oxidation sites excluding steroid dienone is 1. The highest BCUT2D eigenvalue weighted by Crippen LogP contribution is 2.50. The van der Waals surface area contributed by atoms with E-state index in [0.29, 0.717) is 0 Å². The fourth-order valence-electron chi connectivity index (χ4n) is 3.01. The van der Waals surface area contributed by atoms with E-state index in [1.54, 1.807) is 20.3 Å². The Morgan fingerprint density at radius 2 is 1.95 bits per heavy atom. The number of hydrogen-bond acceptors (Lipinski definition) is 3. The minimum absolute atomic E-state index is 0.285. The van der Waals surface area contributed by atoms with Crippen molar-refractivity contribution in [1.29, 1.82) is 0 Å². The summed E-state index contributed by atoms with van der Waals surface area (Å²) in [5, 5.41) is 11.2. The van der Waals surface area contributed by atoms with Crippen LogP contribution in [0.3, 0.4) is 0 Å². The molecular formula is C18H24O3. The molecule has 3 heteroatoms. The van der Waals surface area contributed by atoms with Gasteiger partial charge in [0.2, 0.25) is 0 Å². The highest BCUT2D eigenvalue weighted by Gasteiger charge is 2.46. The molecule has 1 aliphatic carbocycles. The van der Waals surface area contributed by atoms with Crippen LogP contribution < -0.4 is 9.47 Å². The second-order valence-electron chi connectivity index (χ2n) is 6.08. The van der Waals surface area contributed by atoms with Crippen LogP contribution in [0, 0.1) is 5.41 Å². The standard InChI is InChI=1S/C18H24O3/c1-6-18(19)15(8-7-11-17(18,2)3)14-12-13(20-4)9-10-16(14)21-5/h6,8-10,12,19H,1,7,11H2,2-5H3. The van der Waals surface area contributed by atoms with Gasteiger partial charge in [0.05, 0.1) is 14.2 Å². The van der Waals surface area contributed by atoms with Gasteiger partial charge in [0.1, 0.15) is 17.1 Å². The summed E-state index contributed by atoms with van der Waals surface area (Å²) in [4.78, 5) is 0. The molecular weight excluding hydrogens is 264 g/mol. The van der Waals surface area contributed by atoms with E-state index in [4.69, 9.17) is 9.47 Å². The number of rotatable bonds is 4. The van der Waals surface area contributed by atoms with Gasteiger partial charge in [-0.25, -0.2) is 0 Å². The Bertz CT molecular complexity index is 572. The van der Waals surface area contributed by atoms with Crippen molar-refractivity contribution in [3.63, 3.8) is 0 Å². The second-order valence-corrected chi connectivity index (χ2v) is 6.08. The lowest BCUT2D eigenvalue weighted by Crippen LogP contribution is -2.45. The van der Waals surface area contributed by atoms with Crippen LogP contribution in [0.2, 0.25) is 0 Å². The predicted molar refractivity (Wildman–Crippen MR) is 85.7 cm³/mol. The van der Waals surface area contributed by atoms with E-state index in [9.17, 15) is 5.11 Å². The van der Waals surface area contributed by atoms with Crippen molar-refractivity contribution in [1.82, 2.24) is 0 Å². The Hall–Kier alpha value is -1.74. The van der Waals surface area contributed by atoms with E-state index in [-0.39, 0.29) is 5.41 Å². The number of benzene rings is 1. The molecule has 0 saturated carbocycles. The van der Waals surface area contributed by atoms with Crippen LogP contribution in [0.25, 0.3) is 5.57 Å². The molecule has 1 N–H and O–H groups in total. The van der Waals surface area contributed by atoms with E-state index >= 15 is 0 Å². The zero-order chi connectivity index (χ0) is 15.7. The number of aliphatic hydroxyl groups is 1. The third kappa shape index (κ3) is 2.46. The Morgan fingerprint density at radius 1 is 1.24 bits per heavy atom. The molecule has 0 aliphatic heterocycles. The molecule has 0 saturated heterocycles. The van der Waals surface area contributed by atoms with Crippen LogP contribution in [0.1, 0.15) is 32.3 Å². The molecule has 1 aliphatic rings. The third-order valence-electron chi connectivity index (χ3n) is 4.55. The third-order valence-corrected chi connectivity index (χ3v) is 4.55. The predicted octanol–water partition coefficient (Wildman–Crippen LogP) is 3.82. The fraction of sp³-hybridized carbons (Fsp3) is 0.444. The lowest BCUT2D eigenvalue weighted by molar-refractivity contribution is 0.0173. The molecule has 21 heavy (non-hydrogen) atoms. The average molecular weight is 288 g/mol. The van der Waals surface area contributed by atoms with Gasteiger partial charge in [0.25, 0.3) is 0 Å². The zero-order valence-electron chi connectivity index (χ0n) is 13.3. The van der Waals surface area contributed by atoms with Crippen molar-refractivity contribution >= 4 is 5.57 Å². The van der Waals surface area contributed by atoms with E-state index in [0.717, 1.165) is 35.5 Å². The molecule has 0 radical (unpaired) electrons. The summed E-state index contributed by atoms with van der Waals surface area (Å²) >= 11 is 0. The lowest BCUT2D eigenvalue weighted by atomic mass is 9.63. The molecule has 0 amide bonds. The van der Waals surface area contributed by atoms with Gasteiger partial charge in [-0.05, 0) is 36.6 Å². The van der Waals surface area contributed by atoms with Crippen LogP contribution in [-0.4, -0.2) is 24.9 Å². The zero-order valence-corrected chi connectivity index (χ0v) is 13.3. The summed E-state index contributed by atoms with van der Waals surface area (Å²) in [6.45, 7) is 7.99. The molecule has 1 aromatic rings. The first-order valence-corrected chi connectivity index (χ1v) is 7.18. The molecule has 114 valence electrons. The molecule has 2 rings (SSSR count). The van der Waals surface area contributed by atoms with Crippen molar-refractivity contribution in [3.05, 3.63) is 42.5 Å². The summed E-state index contributed by atoms with van der Waals surface area (Å²) < 4.78 is 10.8. The monoisotopic (exact) mass is 288 g/mol. The van der Waals surface area contributed by atoms with Crippen LogP contribution in [0.15, 0.2) is 36.9 Å². The Morgan fingerprint density at radius 3 is 2.52 bits per heavy atom. The van der Waals surface area contributed by atoms with E-state index in [1.807, 2.05) is 18.2 Å². The van der Waals surface area contributed by atoms with E-state index in [2.05, 4.69) is 26.5 Å². The molecule has 0 aromatic heterocycles. The Kier molecular flexibility index (Phi) is 4.15. The summed E-state index contributed by atoms with van der Waals surface area (Å²) in [7, 11) is 3.26. The summed E-state index contributed by atoms with van der Waals surface area (Å²) in [6.07, 6.45) is 5.53. The molecule has 0 spiro atoms. The maximum Gasteiger partial charge on any atom is 0.126 e. The van der Waals surface area contributed by atoms with Crippen molar-refractivity contribution < 1.29 is 14.6 Å². The van der Waals surface area contributed by atoms with Gasteiger partial charge in [-0.15, -0.1) is 0 Å².